The number of likely N-dealkylation sites (tertiary alicyclic amines) is 1. The summed E-state index contributed by atoms with van der Waals surface area (Å²) in [5, 5.41) is 9.48. The highest BCUT2D eigenvalue weighted by atomic mass is 16.3. The number of hydrogen-bond acceptors (Lipinski definition) is 3. The lowest BCUT2D eigenvalue weighted by atomic mass is 10.1. The lowest BCUT2D eigenvalue weighted by Crippen LogP contribution is -2.49. The Morgan fingerprint density at radius 3 is 2.93 bits per heavy atom. The molecule has 1 fully saturated rings. The first-order chi connectivity index (χ1) is 7.19. The van der Waals surface area contributed by atoms with Crippen LogP contribution in [0.25, 0.3) is 0 Å². The van der Waals surface area contributed by atoms with Crippen LogP contribution in [0.1, 0.15) is 19.8 Å². The van der Waals surface area contributed by atoms with E-state index in [-0.39, 0.29) is 12.1 Å². The van der Waals surface area contributed by atoms with E-state index in [0.717, 1.165) is 19.4 Å². The molecule has 1 aliphatic rings. The number of rotatable bonds is 3. The van der Waals surface area contributed by atoms with Crippen LogP contribution in [-0.2, 0) is 0 Å². The largest absolute Gasteiger partial charge is 0.391 e. The summed E-state index contributed by atoms with van der Waals surface area (Å²) >= 11 is 0. The van der Waals surface area contributed by atoms with Gasteiger partial charge in [-0.15, -0.1) is 0 Å². The van der Waals surface area contributed by atoms with Crippen molar-refractivity contribution in [3.05, 3.63) is 0 Å². The Kier molecular flexibility index (Phi) is 4.84. The van der Waals surface area contributed by atoms with Gasteiger partial charge in [0.1, 0.15) is 0 Å². The summed E-state index contributed by atoms with van der Waals surface area (Å²) in [6.45, 7) is 4.88. The van der Waals surface area contributed by atoms with Gasteiger partial charge in [0.15, 0.2) is 0 Å². The number of likely N-dealkylation sites (N-methyl/N-ethyl adjacent to an activating group) is 1. The molecule has 0 aromatic heterocycles. The van der Waals surface area contributed by atoms with Gasteiger partial charge in [0.25, 0.3) is 0 Å². The van der Waals surface area contributed by atoms with Crippen molar-refractivity contribution >= 4 is 6.03 Å². The third-order valence-electron chi connectivity index (χ3n) is 2.72. The van der Waals surface area contributed by atoms with Gasteiger partial charge in [0, 0.05) is 32.7 Å². The highest BCUT2D eigenvalue weighted by Crippen LogP contribution is 2.11. The van der Waals surface area contributed by atoms with Gasteiger partial charge in [-0.25, -0.2) is 4.79 Å². The molecule has 5 heteroatoms. The van der Waals surface area contributed by atoms with Gasteiger partial charge in [0.05, 0.1) is 6.10 Å². The molecule has 1 heterocycles. The van der Waals surface area contributed by atoms with Crippen molar-refractivity contribution in [1.82, 2.24) is 9.80 Å². The molecule has 1 unspecified atom stereocenters. The van der Waals surface area contributed by atoms with E-state index >= 15 is 0 Å². The number of aliphatic hydroxyl groups excluding tert-OH is 1. The Morgan fingerprint density at radius 1 is 1.67 bits per heavy atom. The van der Waals surface area contributed by atoms with E-state index in [1.165, 1.54) is 0 Å². The molecule has 3 N–H and O–H groups in total. The summed E-state index contributed by atoms with van der Waals surface area (Å²) < 4.78 is 0. The second-order valence-corrected chi connectivity index (χ2v) is 3.89. The van der Waals surface area contributed by atoms with Gasteiger partial charge >= 0.3 is 6.03 Å². The van der Waals surface area contributed by atoms with Crippen LogP contribution in [0.2, 0.25) is 0 Å². The molecule has 0 aromatic carbocycles. The van der Waals surface area contributed by atoms with Crippen molar-refractivity contribution in [1.29, 1.82) is 0 Å². The van der Waals surface area contributed by atoms with Crippen LogP contribution in [0.4, 0.5) is 4.79 Å². The first-order valence-electron chi connectivity index (χ1n) is 5.61. The Labute approximate surface area is 90.8 Å². The molecule has 0 spiro atoms. The Balaban J connectivity index is 2.49. The topological polar surface area (TPSA) is 69.8 Å². The quantitative estimate of drug-likeness (QED) is 0.687. The van der Waals surface area contributed by atoms with Crippen LogP contribution in [0, 0.1) is 0 Å². The maximum atomic E-state index is 12.0. The molecular formula is C10H21N3O2. The van der Waals surface area contributed by atoms with Gasteiger partial charge < -0.3 is 20.6 Å². The summed E-state index contributed by atoms with van der Waals surface area (Å²) in [5.41, 5.74) is 5.44. The number of aliphatic hydroxyl groups is 1. The first kappa shape index (κ1) is 12.3. The second kappa shape index (κ2) is 5.92. The van der Waals surface area contributed by atoms with Crippen LogP contribution >= 0.6 is 0 Å². The Bertz CT molecular complexity index is 211. The summed E-state index contributed by atoms with van der Waals surface area (Å²) in [7, 11) is 0. The minimum atomic E-state index is -0.362. The Hall–Kier alpha value is -0.810. The van der Waals surface area contributed by atoms with Crippen molar-refractivity contribution in [2.45, 2.75) is 25.9 Å². The van der Waals surface area contributed by atoms with Crippen LogP contribution < -0.4 is 5.73 Å². The molecule has 1 aliphatic heterocycles. The monoisotopic (exact) mass is 215 g/mol. The van der Waals surface area contributed by atoms with Gasteiger partial charge in [0.2, 0.25) is 0 Å². The number of carbonyl (C=O) groups excluding carboxylic acids is 1. The van der Waals surface area contributed by atoms with Gasteiger partial charge in [-0.1, -0.05) is 0 Å². The predicted molar refractivity (Wildman–Crippen MR) is 58.5 cm³/mol. The number of nitrogens with two attached hydrogens (primary N) is 1. The zero-order chi connectivity index (χ0) is 11.3. The lowest BCUT2D eigenvalue weighted by molar-refractivity contribution is 0.0719. The highest BCUT2D eigenvalue weighted by Gasteiger charge is 2.24. The lowest BCUT2D eigenvalue weighted by Gasteiger charge is -2.34. The highest BCUT2D eigenvalue weighted by molar-refractivity contribution is 5.74. The molecule has 1 saturated heterocycles. The third-order valence-corrected chi connectivity index (χ3v) is 2.72. The third kappa shape index (κ3) is 3.35. The molecule has 0 aliphatic carbocycles. The van der Waals surface area contributed by atoms with E-state index in [1.807, 2.05) is 6.92 Å². The smallest absolute Gasteiger partial charge is 0.320 e. The molecule has 0 radical (unpaired) electrons. The van der Waals surface area contributed by atoms with E-state index in [0.29, 0.717) is 26.2 Å². The fourth-order valence-corrected chi connectivity index (χ4v) is 1.87. The summed E-state index contributed by atoms with van der Waals surface area (Å²) in [6.07, 6.45) is 1.32. The average molecular weight is 215 g/mol. The normalized spacial score (nSPS) is 21.5. The van der Waals surface area contributed by atoms with Crippen molar-refractivity contribution in [2.24, 2.45) is 5.73 Å². The summed E-state index contributed by atoms with van der Waals surface area (Å²) in [6, 6.07) is 0.00157. The number of hydrogen-bond donors (Lipinski definition) is 2. The minimum absolute atomic E-state index is 0.00157. The van der Waals surface area contributed by atoms with Crippen LogP contribution in [0.5, 0.6) is 0 Å². The molecular weight excluding hydrogens is 194 g/mol. The molecule has 0 saturated carbocycles. The van der Waals surface area contributed by atoms with E-state index < -0.39 is 0 Å². The summed E-state index contributed by atoms with van der Waals surface area (Å²) in [4.78, 5) is 15.4. The standard InChI is InChI=1S/C10H21N3O2/c1-2-12(7-5-11)10(15)13-6-3-4-9(14)8-13/h9,14H,2-8,11H2,1H3. The predicted octanol–water partition coefficient (Wildman–Crippen LogP) is -0.156. The molecule has 2 amide bonds. The average Bonchev–Trinajstić information content (AvgIpc) is 2.25. The van der Waals surface area contributed by atoms with E-state index in [9.17, 15) is 9.90 Å². The van der Waals surface area contributed by atoms with Crippen LogP contribution in [0.15, 0.2) is 0 Å². The summed E-state index contributed by atoms with van der Waals surface area (Å²) in [5.74, 6) is 0. The molecule has 1 atom stereocenters. The van der Waals surface area contributed by atoms with E-state index in [4.69, 9.17) is 5.73 Å². The SMILES string of the molecule is CCN(CCN)C(=O)N1CCCC(O)C1. The number of nitrogens with zero attached hydrogens (tertiary/aromatic N) is 2. The number of urea groups is 1. The fraction of sp³-hybridized carbons (Fsp3) is 0.900. The van der Waals surface area contributed by atoms with E-state index in [2.05, 4.69) is 0 Å². The van der Waals surface area contributed by atoms with E-state index in [1.54, 1.807) is 9.80 Å². The van der Waals surface area contributed by atoms with Crippen LogP contribution in [-0.4, -0.2) is 59.8 Å². The molecule has 88 valence electrons. The minimum Gasteiger partial charge on any atom is -0.391 e. The van der Waals surface area contributed by atoms with Gasteiger partial charge in [-0.3, -0.25) is 0 Å². The van der Waals surface area contributed by atoms with Gasteiger partial charge in [-0.05, 0) is 19.8 Å². The number of amides is 2. The fourth-order valence-electron chi connectivity index (χ4n) is 1.87. The Morgan fingerprint density at radius 2 is 2.40 bits per heavy atom. The maximum absolute atomic E-state index is 12.0. The molecule has 1 rings (SSSR count). The number of β-amino-alcohol motifs (C(OH)–C–C–N with tert-alkyl or cyclic N) is 1. The van der Waals surface area contributed by atoms with Crippen molar-refractivity contribution in [3.8, 4) is 0 Å². The number of piperidine rings is 1. The molecule has 0 aromatic rings. The van der Waals surface area contributed by atoms with Crippen molar-refractivity contribution < 1.29 is 9.90 Å². The van der Waals surface area contributed by atoms with Crippen molar-refractivity contribution in [2.75, 3.05) is 32.7 Å². The van der Waals surface area contributed by atoms with Crippen LogP contribution in [0.3, 0.4) is 0 Å². The molecule has 5 nitrogen and oxygen atoms in total. The van der Waals surface area contributed by atoms with Crippen molar-refractivity contribution in [3.63, 3.8) is 0 Å². The number of carbonyl (C=O) groups is 1. The van der Waals surface area contributed by atoms with Gasteiger partial charge in [-0.2, -0.15) is 0 Å². The second-order valence-electron chi connectivity index (χ2n) is 3.89. The zero-order valence-electron chi connectivity index (χ0n) is 9.35. The first-order valence-corrected chi connectivity index (χ1v) is 5.61. The zero-order valence-corrected chi connectivity index (χ0v) is 9.35. The maximum Gasteiger partial charge on any atom is 0.320 e. The molecule has 0 bridgehead atoms. The molecule has 15 heavy (non-hydrogen) atoms.